The number of nitrogens with zero attached hydrogens (tertiary/aromatic N) is 3. The number of halogens is 2. The quantitative estimate of drug-likeness (QED) is 0.920. The summed E-state index contributed by atoms with van der Waals surface area (Å²) in [6.07, 6.45) is 3.05. The molecule has 2 heterocycles. The molecule has 1 aromatic carbocycles. The number of nitrogen functional groups attached to an aromatic ring is 1. The lowest BCUT2D eigenvalue weighted by molar-refractivity contribution is -0.132. The van der Waals surface area contributed by atoms with Gasteiger partial charge in [0.1, 0.15) is 12.1 Å². The monoisotopic (exact) mass is 294 g/mol. The summed E-state index contributed by atoms with van der Waals surface area (Å²) in [5, 5.41) is 0. The van der Waals surface area contributed by atoms with Gasteiger partial charge < -0.3 is 10.6 Å². The van der Waals surface area contributed by atoms with Crippen LogP contribution in [0, 0.1) is 11.6 Å². The van der Waals surface area contributed by atoms with E-state index in [1.54, 1.807) is 4.90 Å². The second kappa shape index (κ2) is 5.31. The second-order valence-electron chi connectivity index (χ2n) is 5.23. The van der Waals surface area contributed by atoms with Crippen molar-refractivity contribution in [2.75, 3.05) is 18.8 Å². The maximum absolute atomic E-state index is 13.9. The number of likely N-dealkylation sites (tertiary alicyclic amines) is 1. The van der Waals surface area contributed by atoms with Crippen LogP contribution < -0.4 is 5.73 Å². The summed E-state index contributed by atoms with van der Waals surface area (Å²) >= 11 is 0. The summed E-state index contributed by atoms with van der Waals surface area (Å²) in [6.45, 7) is 1.27. The third kappa shape index (κ3) is 2.43. The van der Waals surface area contributed by atoms with Crippen LogP contribution in [-0.2, 0) is 11.3 Å². The first-order valence-corrected chi connectivity index (χ1v) is 6.95. The zero-order valence-corrected chi connectivity index (χ0v) is 11.5. The predicted octanol–water partition coefficient (Wildman–Crippen LogP) is 1.91. The van der Waals surface area contributed by atoms with Crippen molar-refractivity contribution >= 4 is 22.9 Å². The van der Waals surface area contributed by atoms with Gasteiger partial charge in [0, 0.05) is 13.1 Å². The Morgan fingerprint density at radius 2 is 1.95 bits per heavy atom. The molecule has 112 valence electrons. The van der Waals surface area contributed by atoms with E-state index in [9.17, 15) is 13.6 Å². The van der Waals surface area contributed by atoms with Crippen LogP contribution >= 0.6 is 0 Å². The summed E-state index contributed by atoms with van der Waals surface area (Å²) in [5.74, 6) is -2.14. The van der Waals surface area contributed by atoms with Crippen molar-refractivity contribution in [1.29, 1.82) is 0 Å². The first kappa shape index (κ1) is 13.8. The molecule has 7 heteroatoms. The predicted molar refractivity (Wildman–Crippen MR) is 74.5 cm³/mol. The van der Waals surface area contributed by atoms with Crippen LogP contribution in [0.15, 0.2) is 12.1 Å². The van der Waals surface area contributed by atoms with E-state index in [2.05, 4.69) is 4.98 Å². The van der Waals surface area contributed by atoms with Gasteiger partial charge in [-0.25, -0.2) is 13.8 Å². The minimum Gasteiger partial charge on any atom is -0.369 e. The van der Waals surface area contributed by atoms with Gasteiger partial charge >= 0.3 is 0 Å². The molecule has 5 nitrogen and oxygen atoms in total. The second-order valence-corrected chi connectivity index (χ2v) is 5.23. The molecule has 1 saturated heterocycles. The molecule has 0 spiro atoms. The molecule has 2 N–H and O–H groups in total. The van der Waals surface area contributed by atoms with Crippen LogP contribution in [0.1, 0.15) is 19.3 Å². The van der Waals surface area contributed by atoms with Gasteiger partial charge in [0.15, 0.2) is 11.6 Å². The molecule has 1 aliphatic heterocycles. The van der Waals surface area contributed by atoms with E-state index in [0.717, 1.165) is 25.3 Å². The van der Waals surface area contributed by atoms with Gasteiger partial charge in [0.2, 0.25) is 11.9 Å². The Labute approximate surface area is 120 Å². The summed E-state index contributed by atoms with van der Waals surface area (Å²) in [4.78, 5) is 18.0. The van der Waals surface area contributed by atoms with E-state index < -0.39 is 11.6 Å². The summed E-state index contributed by atoms with van der Waals surface area (Å²) in [5.41, 5.74) is 5.93. The summed E-state index contributed by atoms with van der Waals surface area (Å²) < 4.78 is 28.6. The normalized spacial score (nSPS) is 15.6. The largest absolute Gasteiger partial charge is 0.369 e. The fourth-order valence-electron chi connectivity index (χ4n) is 2.71. The molecule has 0 bridgehead atoms. The van der Waals surface area contributed by atoms with E-state index >= 15 is 0 Å². The van der Waals surface area contributed by atoms with Crippen LogP contribution in [0.3, 0.4) is 0 Å². The molecule has 3 rings (SSSR count). The van der Waals surface area contributed by atoms with Crippen molar-refractivity contribution in [1.82, 2.24) is 14.5 Å². The number of fused-ring (bicyclic) bond motifs is 1. The number of carbonyl (C=O) groups excluding carboxylic acids is 1. The van der Waals surface area contributed by atoms with Crippen molar-refractivity contribution in [3.8, 4) is 0 Å². The van der Waals surface area contributed by atoms with Gasteiger partial charge in [0.05, 0.1) is 5.52 Å². The average molecular weight is 294 g/mol. The molecule has 0 radical (unpaired) electrons. The highest BCUT2D eigenvalue weighted by molar-refractivity contribution is 5.83. The first-order valence-electron chi connectivity index (χ1n) is 6.95. The Bertz CT molecular complexity index is 692. The number of benzene rings is 1. The summed E-state index contributed by atoms with van der Waals surface area (Å²) in [6, 6.07) is 2.35. The molecule has 2 aromatic rings. The van der Waals surface area contributed by atoms with Gasteiger partial charge in [-0.1, -0.05) is 0 Å². The third-order valence-electron chi connectivity index (χ3n) is 3.83. The Balaban J connectivity index is 1.94. The van der Waals surface area contributed by atoms with Crippen LogP contribution in [0.4, 0.5) is 14.7 Å². The van der Waals surface area contributed by atoms with Crippen LogP contribution in [-0.4, -0.2) is 33.4 Å². The fourth-order valence-corrected chi connectivity index (χ4v) is 2.71. The van der Waals surface area contributed by atoms with Crippen molar-refractivity contribution in [3.63, 3.8) is 0 Å². The van der Waals surface area contributed by atoms with E-state index in [0.29, 0.717) is 13.1 Å². The standard InChI is InChI=1S/C14H16F2N4O/c15-9-4-5-10-13(12(9)16)20(14(17)18-10)8-11(21)19-6-2-1-3-7-19/h4-5H,1-3,6-8H2,(H2,17,18). The number of imidazole rings is 1. The number of hydrogen-bond acceptors (Lipinski definition) is 3. The minimum atomic E-state index is -1.02. The molecule has 1 aliphatic rings. The lowest BCUT2D eigenvalue weighted by atomic mass is 10.1. The number of carbonyl (C=O) groups is 1. The van der Waals surface area contributed by atoms with E-state index in [4.69, 9.17) is 5.73 Å². The zero-order valence-electron chi connectivity index (χ0n) is 11.5. The number of hydrogen-bond donors (Lipinski definition) is 1. The third-order valence-corrected chi connectivity index (χ3v) is 3.83. The fraction of sp³-hybridized carbons (Fsp3) is 0.429. The SMILES string of the molecule is Nc1nc2ccc(F)c(F)c2n1CC(=O)N1CCCCC1. The maximum Gasteiger partial charge on any atom is 0.242 e. The van der Waals surface area contributed by atoms with Gasteiger partial charge in [-0.3, -0.25) is 9.36 Å². The molecule has 1 aromatic heterocycles. The average Bonchev–Trinajstić information content (AvgIpc) is 2.81. The molecule has 0 atom stereocenters. The van der Waals surface area contributed by atoms with Crippen LogP contribution in [0.5, 0.6) is 0 Å². The number of aromatic nitrogens is 2. The number of rotatable bonds is 2. The van der Waals surface area contributed by atoms with Crippen molar-refractivity contribution in [2.24, 2.45) is 0 Å². The smallest absolute Gasteiger partial charge is 0.242 e. The lowest BCUT2D eigenvalue weighted by Crippen LogP contribution is -2.38. The Hall–Kier alpha value is -2.18. The molecule has 21 heavy (non-hydrogen) atoms. The lowest BCUT2D eigenvalue weighted by Gasteiger charge is -2.27. The number of piperidine rings is 1. The highest BCUT2D eigenvalue weighted by Gasteiger charge is 2.21. The Kier molecular flexibility index (Phi) is 3.48. The van der Waals surface area contributed by atoms with E-state index in [-0.39, 0.29) is 29.4 Å². The first-order chi connectivity index (χ1) is 10.1. The number of anilines is 1. The Morgan fingerprint density at radius 3 is 2.67 bits per heavy atom. The number of nitrogens with two attached hydrogens (primary N) is 1. The van der Waals surface area contributed by atoms with Crippen molar-refractivity contribution in [3.05, 3.63) is 23.8 Å². The van der Waals surface area contributed by atoms with Gasteiger partial charge in [-0.05, 0) is 31.4 Å². The zero-order chi connectivity index (χ0) is 15.0. The molecular formula is C14H16F2N4O. The highest BCUT2D eigenvalue weighted by Crippen LogP contribution is 2.23. The molecule has 0 aliphatic carbocycles. The molecule has 0 unspecified atom stereocenters. The van der Waals surface area contributed by atoms with Gasteiger partial charge in [0.25, 0.3) is 0 Å². The molecule has 1 amide bonds. The maximum atomic E-state index is 13.9. The van der Waals surface area contributed by atoms with E-state index in [1.807, 2.05) is 0 Å². The highest BCUT2D eigenvalue weighted by atomic mass is 19.2. The number of amides is 1. The van der Waals surface area contributed by atoms with Crippen molar-refractivity contribution in [2.45, 2.75) is 25.8 Å². The van der Waals surface area contributed by atoms with Gasteiger partial charge in [-0.2, -0.15) is 0 Å². The van der Waals surface area contributed by atoms with Crippen molar-refractivity contribution < 1.29 is 13.6 Å². The van der Waals surface area contributed by atoms with Gasteiger partial charge in [-0.15, -0.1) is 0 Å². The topological polar surface area (TPSA) is 64.1 Å². The van der Waals surface area contributed by atoms with Crippen LogP contribution in [0.2, 0.25) is 0 Å². The molecule has 1 fully saturated rings. The van der Waals surface area contributed by atoms with E-state index in [1.165, 1.54) is 10.6 Å². The van der Waals surface area contributed by atoms with Crippen LogP contribution in [0.25, 0.3) is 11.0 Å². The molecular weight excluding hydrogens is 278 g/mol. The summed E-state index contributed by atoms with van der Waals surface area (Å²) in [7, 11) is 0. The molecule has 0 saturated carbocycles. The minimum absolute atomic E-state index is 0.0138. The Morgan fingerprint density at radius 1 is 1.24 bits per heavy atom.